The molecular weight excluding hydrogens is 334 g/mol. The second-order valence-corrected chi connectivity index (χ2v) is 7.33. The molecule has 1 aromatic rings. The lowest BCUT2D eigenvalue weighted by atomic mass is 10.1. The number of rotatable bonds is 2. The molecule has 1 saturated heterocycles. The molecule has 8 heteroatoms. The van der Waals surface area contributed by atoms with E-state index in [0.717, 1.165) is 12.1 Å². The number of hydrogen-bond donors (Lipinski definition) is 1. The monoisotopic (exact) mass is 352 g/mol. The second-order valence-electron chi connectivity index (χ2n) is 6.24. The van der Waals surface area contributed by atoms with E-state index in [1.165, 1.54) is 11.8 Å². The number of hydrogen-bond acceptors (Lipinski definition) is 5. The number of amides is 1. The van der Waals surface area contributed by atoms with Crippen molar-refractivity contribution in [2.45, 2.75) is 24.4 Å². The quantitative estimate of drug-likeness (QED) is 0.827. The van der Waals surface area contributed by atoms with E-state index in [9.17, 15) is 13.6 Å². The Morgan fingerprint density at radius 2 is 2.25 bits per heavy atom. The standard InChI is InChI=1S/C16H18F2N4OS/c1-21-11-4-6-19-15(23)13(11)24-16(21)10-2-3-12(20-14(10)18)22-7-5-9(17)8-22/h2-3,9,16H,4-8H2,1H3,(H,19,23). The summed E-state index contributed by atoms with van der Waals surface area (Å²) in [5.74, 6) is -0.177. The number of carbonyl (C=O) groups is 1. The molecule has 2 unspecified atom stereocenters. The molecule has 2 atom stereocenters. The van der Waals surface area contributed by atoms with Gasteiger partial charge >= 0.3 is 0 Å². The largest absolute Gasteiger partial charge is 0.360 e. The van der Waals surface area contributed by atoms with Gasteiger partial charge in [0.1, 0.15) is 17.4 Å². The van der Waals surface area contributed by atoms with E-state index >= 15 is 0 Å². The summed E-state index contributed by atoms with van der Waals surface area (Å²) in [6.45, 7) is 1.43. The van der Waals surface area contributed by atoms with Gasteiger partial charge in [-0.2, -0.15) is 4.39 Å². The number of anilines is 1. The van der Waals surface area contributed by atoms with Gasteiger partial charge in [0.05, 0.1) is 11.4 Å². The van der Waals surface area contributed by atoms with Gasteiger partial charge < -0.3 is 15.1 Å². The Bertz CT molecular complexity index is 726. The molecule has 4 rings (SSSR count). The minimum absolute atomic E-state index is 0.0911. The minimum atomic E-state index is -0.875. The molecule has 3 aliphatic rings. The van der Waals surface area contributed by atoms with E-state index in [2.05, 4.69) is 10.3 Å². The van der Waals surface area contributed by atoms with Crippen LogP contribution >= 0.6 is 11.8 Å². The highest BCUT2D eigenvalue weighted by Crippen LogP contribution is 2.49. The number of thioether (sulfide) groups is 1. The summed E-state index contributed by atoms with van der Waals surface area (Å²) in [4.78, 5) is 20.4. The van der Waals surface area contributed by atoms with Crippen molar-refractivity contribution >= 4 is 23.5 Å². The number of carbonyl (C=O) groups excluding carboxylic acids is 1. The van der Waals surface area contributed by atoms with Crippen molar-refractivity contribution in [1.29, 1.82) is 0 Å². The average Bonchev–Trinajstić information content (AvgIpc) is 3.13. The number of nitrogens with one attached hydrogen (secondary N) is 1. The Morgan fingerprint density at radius 3 is 2.92 bits per heavy atom. The van der Waals surface area contributed by atoms with E-state index in [1.807, 2.05) is 11.9 Å². The Morgan fingerprint density at radius 1 is 1.42 bits per heavy atom. The zero-order valence-electron chi connectivity index (χ0n) is 13.3. The van der Waals surface area contributed by atoms with E-state index in [-0.39, 0.29) is 17.8 Å². The molecule has 1 amide bonds. The maximum absolute atomic E-state index is 14.6. The molecule has 4 heterocycles. The molecule has 0 aliphatic carbocycles. The average molecular weight is 352 g/mol. The molecule has 0 spiro atoms. The number of nitrogens with zero attached hydrogens (tertiary/aromatic N) is 3. The van der Waals surface area contributed by atoms with Gasteiger partial charge in [-0.3, -0.25) is 4.79 Å². The van der Waals surface area contributed by atoms with Crippen molar-refractivity contribution in [2.24, 2.45) is 0 Å². The molecule has 3 aliphatic heterocycles. The first kappa shape index (κ1) is 15.7. The van der Waals surface area contributed by atoms with Gasteiger partial charge in [-0.25, -0.2) is 9.37 Å². The van der Waals surface area contributed by atoms with Crippen LogP contribution in [-0.4, -0.2) is 48.6 Å². The fourth-order valence-electron chi connectivity index (χ4n) is 3.40. The molecule has 0 saturated carbocycles. The maximum Gasteiger partial charge on any atom is 0.259 e. The zero-order chi connectivity index (χ0) is 16.8. The first-order valence-corrected chi connectivity index (χ1v) is 8.89. The first-order valence-electron chi connectivity index (χ1n) is 8.01. The maximum atomic E-state index is 14.6. The fourth-order valence-corrected chi connectivity index (χ4v) is 4.78. The molecule has 1 N–H and O–H groups in total. The van der Waals surface area contributed by atoms with Crippen molar-refractivity contribution in [3.8, 4) is 0 Å². The van der Waals surface area contributed by atoms with Gasteiger partial charge in [-0.05, 0) is 18.6 Å². The van der Waals surface area contributed by atoms with Crippen molar-refractivity contribution in [2.75, 3.05) is 31.6 Å². The number of alkyl halides is 1. The molecule has 0 bridgehead atoms. The number of pyridine rings is 1. The number of halogens is 2. The fraction of sp³-hybridized carbons (Fsp3) is 0.500. The Labute approximate surface area is 143 Å². The smallest absolute Gasteiger partial charge is 0.259 e. The number of aromatic nitrogens is 1. The van der Waals surface area contributed by atoms with Crippen LogP contribution in [0.3, 0.4) is 0 Å². The van der Waals surface area contributed by atoms with Crippen LogP contribution < -0.4 is 10.2 Å². The van der Waals surface area contributed by atoms with Crippen molar-refractivity contribution in [3.05, 3.63) is 34.2 Å². The van der Waals surface area contributed by atoms with Crippen molar-refractivity contribution in [3.63, 3.8) is 0 Å². The lowest BCUT2D eigenvalue weighted by molar-refractivity contribution is -0.117. The normalized spacial score (nSPS) is 26.9. The molecule has 0 radical (unpaired) electrons. The van der Waals surface area contributed by atoms with Crippen LogP contribution in [0.15, 0.2) is 22.7 Å². The summed E-state index contributed by atoms with van der Waals surface area (Å²) >= 11 is 1.36. The van der Waals surface area contributed by atoms with E-state index in [0.29, 0.717) is 35.8 Å². The van der Waals surface area contributed by atoms with Crippen molar-refractivity contribution in [1.82, 2.24) is 15.2 Å². The summed E-state index contributed by atoms with van der Waals surface area (Å²) in [7, 11) is 1.88. The molecule has 1 aromatic heterocycles. The van der Waals surface area contributed by atoms with Crippen LogP contribution in [-0.2, 0) is 4.79 Å². The van der Waals surface area contributed by atoms with E-state index in [1.54, 1.807) is 17.0 Å². The minimum Gasteiger partial charge on any atom is -0.360 e. The van der Waals surface area contributed by atoms with Gasteiger partial charge in [-0.15, -0.1) is 0 Å². The van der Waals surface area contributed by atoms with Gasteiger partial charge in [-0.1, -0.05) is 11.8 Å². The Hall–Kier alpha value is -1.83. The van der Waals surface area contributed by atoms with Crippen LogP contribution in [0.2, 0.25) is 0 Å². The van der Waals surface area contributed by atoms with Crippen LogP contribution in [0.4, 0.5) is 14.6 Å². The molecule has 5 nitrogen and oxygen atoms in total. The first-order chi connectivity index (χ1) is 11.5. The van der Waals surface area contributed by atoms with Crippen molar-refractivity contribution < 1.29 is 13.6 Å². The highest BCUT2D eigenvalue weighted by Gasteiger charge is 2.38. The molecule has 0 aromatic carbocycles. The summed E-state index contributed by atoms with van der Waals surface area (Å²) in [5, 5.41) is 2.52. The predicted octanol–water partition coefficient (Wildman–Crippen LogP) is 2.18. The van der Waals surface area contributed by atoms with Crippen LogP contribution in [0, 0.1) is 5.95 Å². The van der Waals surface area contributed by atoms with Gasteiger partial charge in [0.2, 0.25) is 5.95 Å². The van der Waals surface area contributed by atoms with Gasteiger partial charge in [0.15, 0.2) is 0 Å². The topological polar surface area (TPSA) is 48.5 Å². The molecular formula is C16H18F2N4OS. The van der Waals surface area contributed by atoms with E-state index in [4.69, 9.17) is 0 Å². The Kier molecular flexibility index (Phi) is 3.86. The SMILES string of the molecule is CN1C2=C(SC1c1ccc(N3CCC(F)C3)nc1F)C(=O)NCC2. The lowest BCUT2D eigenvalue weighted by Crippen LogP contribution is -2.31. The molecule has 24 heavy (non-hydrogen) atoms. The molecule has 1 fully saturated rings. The van der Waals surface area contributed by atoms with Crippen LogP contribution in [0.5, 0.6) is 0 Å². The van der Waals surface area contributed by atoms with Gasteiger partial charge in [0.25, 0.3) is 5.91 Å². The van der Waals surface area contributed by atoms with Crippen LogP contribution in [0.1, 0.15) is 23.8 Å². The summed E-state index contributed by atoms with van der Waals surface area (Å²) in [6.07, 6.45) is 0.332. The van der Waals surface area contributed by atoms with E-state index < -0.39 is 12.1 Å². The summed E-state index contributed by atoms with van der Waals surface area (Å²) in [5.41, 5.74) is 1.40. The third-order valence-corrected chi connectivity index (χ3v) is 6.16. The van der Waals surface area contributed by atoms with Gasteiger partial charge in [0, 0.05) is 37.8 Å². The zero-order valence-corrected chi connectivity index (χ0v) is 14.1. The highest BCUT2D eigenvalue weighted by molar-refractivity contribution is 8.04. The van der Waals surface area contributed by atoms with Crippen LogP contribution in [0.25, 0.3) is 0 Å². The summed E-state index contributed by atoms with van der Waals surface area (Å²) < 4.78 is 27.9. The lowest BCUT2D eigenvalue weighted by Gasteiger charge is -2.25. The molecule has 128 valence electrons. The third kappa shape index (κ3) is 2.53. The predicted molar refractivity (Wildman–Crippen MR) is 88.7 cm³/mol. The third-order valence-electron chi connectivity index (χ3n) is 4.71. The Balaban J connectivity index is 1.58. The highest BCUT2D eigenvalue weighted by atomic mass is 32.2. The summed E-state index contributed by atoms with van der Waals surface area (Å²) in [6, 6.07) is 3.44. The second kappa shape index (κ2) is 5.91.